The van der Waals surface area contributed by atoms with E-state index in [2.05, 4.69) is 10.6 Å². The van der Waals surface area contributed by atoms with Crippen LogP contribution in [0.5, 0.6) is 0 Å². The van der Waals surface area contributed by atoms with Gasteiger partial charge >= 0.3 is 0 Å². The molecule has 0 spiro atoms. The molecule has 0 fully saturated rings. The Morgan fingerprint density at radius 2 is 1.75 bits per heavy atom. The highest BCUT2D eigenvalue weighted by Gasteiger charge is 2.08. The average Bonchev–Trinajstić information content (AvgIpc) is 2.21. The summed E-state index contributed by atoms with van der Waals surface area (Å²) in [6, 6.07) is 0. The van der Waals surface area contributed by atoms with Crippen molar-refractivity contribution in [2.45, 2.75) is 26.7 Å². The molecule has 0 aliphatic rings. The summed E-state index contributed by atoms with van der Waals surface area (Å²) in [6.45, 7) is 4.99. The fraction of sp³-hybridized carbons (Fsp3) is 0.900. The summed E-state index contributed by atoms with van der Waals surface area (Å²) in [7, 11) is -2.94. The van der Waals surface area contributed by atoms with E-state index >= 15 is 0 Å². The molecule has 0 saturated carbocycles. The zero-order chi connectivity index (χ0) is 12.4. The normalized spacial score (nSPS) is 11.4. The van der Waals surface area contributed by atoms with Gasteiger partial charge in [0.05, 0.1) is 12.3 Å². The molecule has 0 aromatic carbocycles. The molecule has 0 rings (SSSR count). The highest BCUT2D eigenvalue weighted by atomic mass is 32.2. The van der Waals surface area contributed by atoms with Crippen molar-refractivity contribution in [2.75, 3.05) is 31.1 Å². The zero-order valence-corrected chi connectivity index (χ0v) is 10.9. The van der Waals surface area contributed by atoms with E-state index in [0.29, 0.717) is 19.5 Å². The number of carbonyl (C=O) groups is 1. The first-order valence-corrected chi connectivity index (χ1v) is 7.51. The molecule has 96 valence electrons. The Balaban J connectivity index is 3.56. The first kappa shape index (κ1) is 15.4. The molecular weight excluding hydrogens is 228 g/mol. The monoisotopic (exact) mass is 250 g/mol. The number of rotatable bonds is 9. The minimum absolute atomic E-state index is 0.0882. The largest absolute Gasteiger partial charge is 0.355 e. The third-order valence-electron chi connectivity index (χ3n) is 1.96. The summed E-state index contributed by atoms with van der Waals surface area (Å²) in [5, 5.41) is 5.52. The van der Waals surface area contributed by atoms with Crippen molar-refractivity contribution in [2.24, 2.45) is 0 Å². The van der Waals surface area contributed by atoms with Crippen LogP contribution in [0.3, 0.4) is 0 Å². The number of carbonyl (C=O) groups excluding carboxylic acids is 1. The van der Waals surface area contributed by atoms with Crippen LogP contribution in [-0.2, 0) is 14.6 Å². The maximum absolute atomic E-state index is 11.3. The van der Waals surface area contributed by atoms with Gasteiger partial charge in [0.15, 0.2) is 9.84 Å². The lowest BCUT2D eigenvalue weighted by molar-refractivity contribution is -0.120. The quantitative estimate of drug-likeness (QED) is 0.562. The standard InChI is InChI=1S/C10H22N2O3S/c1-3-5-12-10(13)9-11-6-8-16(14,15)7-4-2/h11H,3-9H2,1-2H3,(H,12,13). The van der Waals surface area contributed by atoms with Gasteiger partial charge in [-0.25, -0.2) is 8.42 Å². The van der Waals surface area contributed by atoms with Gasteiger partial charge in [0.25, 0.3) is 0 Å². The van der Waals surface area contributed by atoms with Gasteiger partial charge in [-0.3, -0.25) is 4.79 Å². The lowest BCUT2D eigenvalue weighted by Crippen LogP contribution is -2.36. The SMILES string of the molecule is CCCNC(=O)CNCCS(=O)(=O)CCC. The van der Waals surface area contributed by atoms with Crippen LogP contribution in [0.25, 0.3) is 0 Å². The molecule has 0 aliphatic heterocycles. The van der Waals surface area contributed by atoms with Gasteiger partial charge in [0.1, 0.15) is 0 Å². The second-order valence-corrected chi connectivity index (χ2v) is 5.98. The van der Waals surface area contributed by atoms with Gasteiger partial charge in [-0.1, -0.05) is 13.8 Å². The molecule has 0 heterocycles. The second-order valence-electron chi connectivity index (χ2n) is 3.68. The first-order valence-electron chi connectivity index (χ1n) is 5.69. The van der Waals surface area contributed by atoms with E-state index in [1.807, 2.05) is 13.8 Å². The number of amides is 1. The minimum atomic E-state index is -2.94. The molecule has 0 aromatic rings. The Kier molecular flexibility index (Phi) is 8.19. The fourth-order valence-electron chi connectivity index (χ4n) is 1.17. The lowest BCUT2D eigenvalue weighted by Gasteiger charge is -2.06. The molecule has 5 nitrogen and oxygen atoms in total. The van der Waals surface area contributed by atoms with Crippen LogP contribution in [0.1, 0.15) is 26.7 Å². The summed E-state index contributed by atoms with van der Waals surface area (Å²) in [6.07, 6.45) is 1.54. The number of nitrogens with one attached hydrogen (secondary N) is 2. The van der Waals surface area contributed by atoms with Crippen LogP contribution < -0.4 is 10.6 Å². The van der Waals surface area contributed by atoms with E-state index in [0.717, 1.165) is 6.42 Å². The second kappa shape index (κ2) is 8.52. The fourth-order valence-corrected chi connectivity index (χ4v) is 2.45. The maximum Gasteiger partial charge on any atom is 0.233 e. The van der Waals surface area contributed by atoms with Crippen molar-refractivity contribution in [3.8, 4) is 0 Å². The minimum Gasteiger partial charge on any atom is -0.355 e. The van der Waals surface area contributed by atoms with E-state index in [-0.39, 0.29) is 24.0 Å². The molecule has 16 heavy (non-hydrogen) atoms. The summed E-state index contributed by atoms with van der Waals surface area (Å²) in [5.41, 5.74) is 0. The van der Waals surface area contributed by atoms with Gasteiger partial charge in [-0.15, -0.1) is 0 Å². The van der Waals surface area contributed by atoms with Crippen LogP contribution in [-0.4, -0.2) is 45.5 Å². The summed E-state index contributed by atoms with van der Waals surface area (Å²) >= 11 is 0. The summed E-state index contributed by atoms with van der Waals surface area (Å²) in [5.74, 6) is 0.230. The highest BCUT2D eigenvalue weighted by molar-refractivity contribution is 7.91. The molecule has 6 heteroatoms. The van der Waals surface area contributed by atoms with E-state index in [1.54, 1.807) is 0 Å². The van der Waals surface area contributed by atoms with Crippen molar-refractivity contribution < 1.29 is 13.2 Å². The third kappa shape index (κ3) is 8.67. The van der Waals surface area contributed by atoms with Crippen molar-refractivity contribution >= 4 is 15.7 Å². The Labute approximate surface area is 97.9 Å². The molecule has 1 amide bonds. The van der Waals surface area contributed by atoms with Crippen molar-refractivity contribution in [1.29, 1.82) is 0 Å². The van der Waals surface area contributed by atoms with Crippen molar-refractivity contribution in [3.05, 3.63) is 0 Å². The van der Waals surface area contributed by atoms with Gasteiger partial charge in [0.2, 0.25) is 5.91 Å². The number of sulfone groups is 1. The van der Waals surface area contributed by atoms with E-state index < -0.39 is 9.84 Å². The van der Waals surface area contributed by atoms with Gasteiger partial charge < -0.3 is 10.6 Å². The van der Waals surface area contributed by atoms with Crippen molar-refractivity contribution in [3.63, 3.8) is 0 Å². The average molecular weight is 250 g/mol. The molecule has 0 radical (unpaired) electrons. The Morgan fingerprint density at radius 1 is 1.06 bits per heavy atom. The number of hydrogen-bond donors (Lipinski definition) is 2. The van der Waals surface area contributed by atoms with Gasteiger partial charge in [-0.05, 0) is 12.8 Å². The molecule has 0 atom stereocenters. The zero-order valence-electron chi connectivity index (χ0n) is 10.1. The molecular formula is C10H22N2O3S. The molecule has 0 aliphatic carbocycles. The smallest absolute Gasteiger partial charge is 0.233 e. The first-order chi connectivity index (χ1) is 7.52. The van der Waals surface area contributed by atoms with Crippen LogP contribution in [0.2, 0.25) is 0 Å². The van der Waals surface area contributed by atoms with Gasteiger partial charge in [-0.2, -0.15) is 0 Å². The molecule has 0 bridgehead atoms. The number of hydrogen-bond acceptors (Lipinski definition) is 4. The molecule has 0 unspecified atom stereocenters. The predicted molar refractivity (Wildman–Crippen MR) is 65.1 cm³/mol. The summed E-state index contributed by atoms with van der Waals surface area (Å²) < 4.78 is 22.6. The van der Waals surface area contributed by atoms with E-state index in [4.69, 9.17) is 0 Å². The van der Waals surface area contributed by atoms with Gasteiger partial charge in [0, 0.05) is 18.8 Å². The molecule has 2 N–H and O–H groups in total. The lowest BCUT2D eigenvalue weighted by atomic mass is 10.4. The Bertz CT molecular complexity index is 288. The van der Waals surface area contributed by atoms with Crippen LogP contribution in [0.4, 0.5) is 0 Å². The van der Waals surface area contributed by atoms with Crippen molar-refractivity contribution in [1.82, 2.24) is 10.6 Å². The van der Waals surface area contributed by atoms with Crippen LogP contribution in [0.15, 0.2) is 0 Å². The van der Waals surface area contributed by atoms with Crippen LogP contribution in [0, 0.1) is 0 Å². The van der Waals surface area contributed by atoms with E-state index in [9.17, 15) is 13.2 Å². The predicted octanol–water partition coefficient (Wildman–Crippen LogP) is -0.0730. The maximum atomic E-state index is 11.3. The topological polar surface area (TPSA) is 75.3 Å². The third-order valence-corrected chi connectivity index (χ3v) is 3.82. The Hall–Kier alpha value is -0.620. The van der Waals surface area contributed by atoms with E-state index in [1.165, 1.54) is 0 Å². The summed E-state index contributed by atoms with van der Waals surface area (Å²) in [4.78, 5) is 11.1. The Morgan fingerprint density at radius 3 is 2.31 bits per heavy atom. The molecule has 0 aromatic heterocycles. The molecule has 0 saturated heterocycles. The highest BCUT2D eigenvalue weighted by Crippen LogP contribution is 1.91. The van der Waals surface area contributed by atoms with Crippen LogP contribution >= 0.6 is 0 Å².